The first-order chi connectivity index (χ1) is 6.95. The summed E-state index contributed by atoms with van der Waals surface area (Å²) in [7, 11) is 0. The number of hydrogen-bond acceptors (Lipinski definition) is 2. The van der Waals surface area contributed by atoms with Gasteiger partial charge < -0.3 is 9.90 Å². The number of benzene rings is 1. The molecule has 82 valence electrons. The van der Waals surface area contributed by atoms with Gasteiger partial charge in [0.05, 0.1) is 6.10 Å². The summed E-state index contributed by atoms with van der Waals surface area (Å²) < 4.78 is 0. The van der Waals surface area contributed by atoms with Crippen molar-refractivity contribution in [2.24, 2.45) is 0 Å². The molecule has 0 aliphatic carbocycles. The Balaban J connectivity index is 2.85. The number of hydrogen-bond donors (Lipinski definition) is 1. The minimum atomic E-state index is -0.670. The van der Waals surface area contributed by atoms with Gasteiger partial charge in [0.25, 0.3) is 0 Å². The predicted molar refractivity (Wildman–Crippen MR) is 60.8 cm³/mol. The molecule has 0 radical (unpaired) electrons. The highest BCUT2D eigenvalue weighted by atomic mass is 16.3. The molecule has 0 aromatic heterocycles. The first kappa shape index (κ1) is 11.9. The van der Waals surface area contributed by atoms with Gasteiger partial charge in [-0.15, -0.1) is 0 Å². The fourth-order valence-corrected chi connectivity index (χ4v) is 1.43. The third kappa shape index (κ3) is 3.17. The molecule has 1 unspecified atom stereocenters. The molecule has 0 bridgehead atoms. The number of carbonyl (C=O) groups excluding carboxylic acids is 1. The van der Waals surface area contributed by atoms with Gasteiger partial charge in [0.15, 0.2) is 0 Å². The quantitative estimate of drug-likeness (QED) is 0.772. The van der Waals surface area contributed by atoms with Gasteiger partial charge in [0.2, 0.25) is 0 Å². The highest BCUT2D eigenvalue weighted by Gasteiger charge is 2.14. The Morgan fingerprint density at radius 3 is 2.20 bits per heavy atom. The highest BCUT2D eigenvalue weighted by molar-refractivity contribution is 5.51. The first-order valence-corrected chi connectivity index (χ1v) is 5.17. The molecule has 1 aromatic carbocycles. The van der Waals surface area contributed by atoms with Gasteiger partial charge in [-0.05, 0) is 16.5 Å². The van der Waals surface area contributed by atoms with E-state index in [9.17, 15) is 9.90 Å². The van der Waals surface area contributed by atoms with Crippen LogP contribution in [0.3, 0.4) is 0 Å². The Bertz CT molecular complexity index is 319. The Morgan fingerprint density at radius 2 is 1.80 bits per heavy atom. The molecule has 0 fully saturated rings. The van der Waals surface area contributed by atoms with Gasteiger partial charge in [-0.1, -0.05) is 45.0 Å². The van der Waals surface area contributed by atoms with Crippen LogP contribution in [0.2, 0.25) is 0 Å². The largest absolute Gasteiger partial charge is 0.388 e. The van der Waals surface area contributed by atoms with E-state index in [1.165, 1.54) is 5.56 Å². The Kier molecular flexibility index (Phi) is 3.64. The van der Waals surface area contributed by atoms with Crippen LogP contribution in [-0.4, -0.2) is 11.4 Å². The minimum absolute atomic E-state index is 0.119. The lowest BCUT2D eigenvalue weighted by atomic mass is 9.86. The number of rotatable bonds is 3. The molecule has 1 N–H and O–H groups in total. The molecule has 15 heavy (non-hydrogen) atoms. The van der Waals surface area contributed by atoms with Gasteiger partial charge in [0.1, 0.15) is 6.29 Å². The van der Waals surface area contributed by atoms with Crippen LogP contribution in [0, 0.1) is 0 Å². The molecular formula is C13H18O2. The molecule has 2 nitrogen and oxygen atoms in total. The average molecular weight is 206 g/mol. The van der Waals surface area contributed by atoms with Crippen LogP contribution < -0.4 is 0 Å². The minimum Gasteiger partial charge on any atom is -0.388 e. The van der Waals surface area contributed by atoms with E-state index in [1.807, 2.05) is 24.3 Å². The average Bonchev–Trinajstić information content (AvgIpc) is 2.17. The molecule has 0 amide bonds. The van der Waals surface area contributed by atoms with Gasteiger partial charge in [-0.2, -0.15) is 0 Å². The van der Waals surface area contributed by atoms with Gasteiger partial charge >= 0.3 is 0 Å². The van der Waals surface area contributed by atoms with E-state index in [-0.39, 0.29) is 11.8 Å². The van der Waals surface area contributed by atoms with Crippen molar-refractivity contribution in [3.63, 3.8) is 0 Å². The Hall–Kier alpha value is -1.15. The van der Waals surface area contributed by atoms with Crippen molar-refractivity contribution < 1.29 is 9.90 Å². The van der Waals surface area contributed by atoms with Gasteiger partial charge in [0, 0.05) is 6.42 Å². The van der Waals surface area contributed by atoms with E-state index >= 15 is 0 Å². The number of aliphatic hydroxyl groups excluding tert-OH is 1. The molecule has 0 aliphatic heterocycles. The summed E-state index contributed by atoms with van der Waals surface area (Å²) in [6.07, 6.45) is 0.230. The number of aldehydes is 1. The van der Waals surface area contributed by atoms with Crippen LogP contribution in [0.1, 0.15) is 44.4 Å². The fourth-order valence-electron chi connectivity index (χ4n) is 1.43. The van der Waals surface area contributed by atoms with Crippen molar-refractivity contribution in [1.29, 1.82) is 0 Å². The maximum atomic E-state index is 10.3. The second-order valence-corrected chi connectivity index (χ2v) is 4.79. The monoisotopic (exact) mass is 206 g/mol. The maximum Gasteiger partial charge on any atom is 0.122 e. The second-order valence-electron chi connectivity index (χ2n) is 4.79. The summed E-state index contributed by atoms with van der Waals surface area (Å²) in [5.74, 6) is 0. The highest BCUT2D eigenvalue weighted by Crippen LogP contribution is 2.24. The lowest BCUT2D eigenvalue weighted by Gasteiger charge is -2.19. The van der Waals surface area contributed by atoms with Crippen molar-refractivity contribution in [2.75, 3.05) is 0 Å². The topological polar surface area (TPSA) is 37.3 Å². The summed E-state index contributed by atoms with van der Waals surface area (Å²) in [5, 5.41) is 9.58. The van der Waals surface area contributed by atoms with Crippen LogP contribution in [0.5, 0.6) is 0 Å². The van der Waals surface area contributed by atoms with E-state index in [1.54, 1.807) is 0 Å². The van der Waals surface area contributed by atoms with Crippen LogP contribution >= 0.6 is 0 Å². The second kappa shape index (κ2) is 4.58. The standard InChI is InChI=1S/C13H18O2/c1-13(2,3)11-6-4-10(5-7-11)12(15)8-9-14/h4-7,9,12,15H,8H2,1-3H3. The fraction of sp³-hybridized carbons (Fsp3) is 0.462. The molecule has 0 saturated carbocycles. The summed E-state index contributed by atoms with van der Waals surface area (Å²) in [6, 6.07) is 7.77. The molecule has 0 aliphatic rings. The van der Waals surface area contributed by atoms with Crippen molar-refractivity contribution in [1.82, 2.24) is 0 Å². The molecule has 0 spiro atoms. The van der Waals surface area contributed by atoms with Gasteiger partial charge in [-0.25, -0.2) is 0 Å². The van der Waals surface area contributed by atoms with Crippen LogP contribution in [-0.2, 0) is 10.2 Å². The lowest BCUT2D eigenvalue weighted by Crippen LogP contribution is -2.11. The van der Waals surface area contributed by atoms with Crippen molar-refractivity contribution in [3.05, 3.63) is 35.4 Å². The van der Waals surface area contributed by atoms with Crippen LogP contribution in [0.4, 0.5) is 0 Å². The van der Waals surface area contributed by atoms with E-state index in [4.69, 9.17) is 0 Å². The van der Waals surface area contributed by atoms with E-state index in [0.717, 1.165) is 11.8 Å². The van der Waals surface area contributed by atoms with E-state index in [0.29, 0.717) is 0 Å². The molecular weight excluding hydrogens is 188 g/mol. The van der Waals surface area contributed by atoms with Gasteiger partial charge in [-0.3, -0.25) is 0 Å². The Morgan fingerprint density at radius 1 is 1.27 bits per heavy atom. The van der Waals surface area contributed by atoms with Crippen molar-refractivity contribution in [3.8, 4) is 0 Å². The third-order valence-electron chi connectivity index (χ3n) is 2.48. The lowest BCUT2D eigenvalue weighted by molar-refractivity contribution is -0.109. The molecule has 0 heterocycles. The smallest absolute Gasteiger partial charge is 0.122 e. The zero-order valence-electron chi connectivity index (χ0n) is 9.53. The Labute approximate surface area is 90.9 Å². The van der Waals surface area contributed by atoms with E-state index < -0.39 is 6.10 Å². The SMILES string of the molecule is CC(C)(C)c1ccc(C(O)CC=O)cc1. The van der Waals surface area contributed by atoms with Crippen molar-refractivity contribution >= 4 is 6.29 Å². The summed E-state index contributed by atoms with van der Waals surface area (Å²) in [6.45, 7) is 6.43. The normalized spacial score (nSPS) is 13.6. The van der Waals surface area contributed by atoms with Crippen molar-refractivity contribution in [2.45, 2.75) is 38.7 Å². The molecule has 1 atom stereocenters. The number of carbonyl (C=O) groups is 1. The molecule has 0 saturated heterocycles. The number of aliphatic hydroxyl groups is 1. The zero-order valence-corrected chi connectivity index (χ0v) is 9.53. The molecule has 2 heteroatoms. The predicted octanol–water partition coefficient (Wildman–Crippen LogP) is 2.61. The summed E-state index contributed by atoms with van der Waals surface area (Å²) in [4.78, 5) is 10.3. The zero-order chi connectivity index (χ0) is 11.5. The van der Waals surface area contributed by atoms with E-state index in [2.05, 4.69) is 20.8 Å². The summed E-state index contributed by atoms with van der Waals surface area (Å²) >= 11 is 0. The van der Waals surface area contributed by atoms with Crippen LogP contribution in [0.15, 0.2) is 24.3 Å². The summed E-state index contributed by atoms with van der Waals surface area (Å²) in [5.41, 5.74) is 2.15. The third-order valence-corrected chi connectivity index (χ3v) is 2.48. The van der Waals surface area contributed by atoms with Crippen LogP contribution in [0.25, 0.3) is 0 Å². The molecule has 1 rings (SSSR count). The first-order valence-electron chi connectivity index (χ1n) is 5.17. The molecule has 1 aromatic rings. The maximum absolute atomic E-state index is 10.3.